The molecule has 0 N–H and O–H groups in total. The van der Waals surface area contributed by atoms with Gasteiger partial charge in [0.25, 0.3) is 0 Å². The van der Waals surface area contributed by atoms with Gasteiger partial charge in [-0.15, -0.1) is 0 Å². The highest BCUT2D eigenvalue weighted by molar-refractivity contribution is 5.93. The molecule has 2 heteroatoms. The van der Waals surface area contributed by atoms with E-state index in [1.54, 1.807) is 24.3 Å². The van der Waals surface area contributed by atoms with Gasteiger partial charge in [-0.2, -0.15) is 0 Å². The van der Waals surface area contributed by atoms with Crippen molar-refractivity contribution in [3.05, 3.63) is 42.0 Å². The molecule has 1 radical (unpaired) electrons. The molecule has 0 aliphatic rings. The Bertz CT molecular complexity index is 302. The van der Waals surface area contributed by atoms with Crippen LogP contribution >= 0.6 is 0 Å². The summed E-state index contributed by atoms with van der Waals surface area (Å²) in [5, 5.41) is 0. The Balaban J connectivity index is 3.13. The molecule has 1 aromatic carbocycles. The molecule has 0 amide bonds. The van der Waals surface area contributed by atoms with Crippen LogP contribution in [0.25, 0.3) is 6.08 Å². The van der Waals surface area contributed by atoms with Crippen LogP contribution in [-0.2, 0) is 4.74 Å². The summed E-state index contributed by atoms with van der Waals surface area (Å²) >= 11 is 0. The Labute approximate surface area is 71.5 Å². The van der Waals surface area contributed by atoms with E-state index in [0.29, 0.717) is 5.56 Å². The molecule has 0 saturated carbocycles. The molecule has 1 rings (SSSR count). The number of hydrogen-bond acceptors (Lipinski definition) is 2. The van der Waals surface area contributed by atoms with E-state index in [1.807, 2.05) is 0 Å². The van der Waals surface area contributed by atoms with E-state index in [9.17, 15) is 4.79 Å². The summed E-state index contributed by atoms with van der Waals surface area (Å²) in [7, 11) is 1.35. The quantitative estimate of drug-likeness (QED) is 0.619. The summed E-state index contributed by atoms with van der Waals surface area (Å²) in [6.07, 6.45) is 1.60. The number of methoxy groups -OCH3 is 1. The number of carbonyl (C=O) groups is 1. The van der Waals surface area contributed by atoms with Crippen molar-refractivity contribution in [2.75, 3.05) is 7.11 Å². The fraction of sp³-hybridized carbons (Fsp3) is 0.100. The molecule has 2 nitrogen and oxygen atoms in total. The molecule has 0 bridgehead atoms. The van der Waals surface area contributed by atoms with Gasteiger partial charge < -0.3 is 4.74 Å². The van der Waals surface area contributed by atoms with Crippen molar-refractivity contribution in [3.63, 3.8) is 0 Å². The maximum absolute atomic E-state index is 11.1. The average molecular weight is 161 g/mol. The highest BCUT2D eigenvalue weighted by Crippen LogP contribution is 2.10. The molecular weight excluding hydrogens is 152 g/mol. The molecule has 1 aromatic rings. The zero-order chi connectivity index (χ0) is 8.97. The van der Waals surface area contributed by atoms with Gasteiger partial charge in [0.15, 0.2) is 0 Å². The minimum Gasteiger partial charge on any atom is -0.465 e. The minimum atomic E-state index is -0.348. The van der Waals surface area contributed by atoms with Crippen molar-refractivity contribution in [1.82, 2.24) is 0 Å². The van der Waals surface area contributed by atoms with E-state index >= 15 is 0 Å². The fourth-order valence-corrected chi connectivity index (χ4v) is 0.908. The fourth-order valence-electron chi connectivity index (χ4n) is 0.908. The number of ether oxygens (including phenoxy) is 1. The lowest BCUT2D eigenvalue weighted by Crippen LogP contribution is -2.02. The zero-order valence-electron chi connectivity index (χ0n) is 6.83. The van der Waals surface area contributed by atoms with Gasteiger partial charge in [-0.1, -0.05) is 18.7 Å². The molecule has 61 valence electrons. The van der Waals surface area contributed by atoms with Gasteiger partial charge in [0, 0.05) is 0 Å². The van der Waals surface area contributed by atoms with Crippen LogP contribution in [0.4, 0.5) is 0 Å². The maximum atomic E-state index is 11.1. The molecule has 0 spiro atoms. The Hall–Kier alpha value is -1.57. The lowest BCUT2D eigenvalue weighted by molar-refractivity contribution is 0.0600. The van der Waals surface area contributed by atoms with Crippen LogP contribution in [0.1, 0.15) is 15.9 Å². The highest BCUT2D eigenvalue weighted by atomic mass is 16.5. The summed E-state index contributed by atoms with van der Waals surface area (Å²) in [6, 6.07) is 7.87. The second-order valence-electron chi connectivity index (χ2n) is 2.21. The van der Waals surface area contributed by atoms with Crippen molar-refractivity contribution >= 4 is 12.0 Å². The third-order valence-corrected chi connectivity index (χ3v) is 1.52. The van der Waals surface area contributed by atoms with Crippen LogP contribution in [-0.4, -0.2) is 13.1 Å². The van der Waals surface area contributed by atoms with Crippen molar-refractivity contribution in [1.29, 1.82) is 0 Å². The maximum Gasteiger partial charge on any atom is 0.338 e. The van der Waals surface area contributed by atoms with Crippen LogP contribution in [0.15, 0.2) is 24.8 Å². The molecule has 12 heavy (non-hydrogen) atoms. The average Bonchev–Trinajstić information content (AvgIpc) is 2.16. The van der Waals surface area contributed by atoms with E-state index in [2.05, 4.69) is 17.4 Å². The smallest absolute Gasteiger partial charge is 0.338 e. The standard InChI is InChI=1S/C10H9O2/c1-3-8-6-4-5-7-9(8)10(11)12-2/h3,5-7H,1H2,2H3. The van der Waals surface area contributed by atoms with Crippen LogP contribution in [0.2, 0.25) is 0 Å². The van der Waals surface area contributed by atoms with E-state index in [1.165, 1.54) is 7.11 Å². The first-order valence-corrected chi connectivity index (χ1v) is 3.50. The highest BCUT2D eigenvalue weighted by Gasteiger charge is 2.07. The topological polar surface area (TPSA) is 26.3 Å². The summed E-state index contributed by atoms with van der Waals surface area (Å²) in [5.74, 6) is -0.348. The third-order valence-electron chi connectivity index (χ3n) is 1.52. The molecular formula is C10H9O2. The van der Waals surface area contributed by atoms with Crippen LogP contribution in [0, 0.1) is 6.07 Å². The predicted octanol–water partition coefficient (Wildman–Crippen LogP) is 1.92. The molecule has 0 aliphatic carbocycles. The van der Waals surface area contributed by atoms with Gasteiger partial charge in [-0.3, -0.25) is 0 Å². The molecule has 0 atom stereocenters. The van der Waals surface area contributed by atoms with E-state index in [0.717, 1.165) is 5.56 Å². The van der Waals surface area contributed by atoms with E-state index in [-0.39, 0.29) is 5.97 Å². The summed E-state index contributed by atoms with van der Waals surface area (Å²) < 4.78 is 4.58. The molecule has 0 heterocycles. The van der Waals surface area contributed by atoms with Gasteiger partial charge in [-0.05, 0) is 23.8 Å². The normalized spacial score (nSPS) is 9.08. The molecule has 0 aromatic heterocycles. The number of benzene rings is 1. The summed E-state index contributed by atoms with van der Waals surface area (Å²) in [6.45, 7) is 3.58. The number of carbonyl (C=O) groups excluding carboxylic acids is 1. The predicted molar refractivity (Wildman–Crippen MR) is 46.7 cm³/mol. The van der Waals surface area contributed by atoms with Gasteiger partial charge in [-0.25, -0.2) is 4.79 Å². The van der Waals surface area contributed by atoms with E-state index < -0.39 is 0 Å². The first-order valence-electron chi connectivity index (χ1n) is 3.50. The lowest BCUT2D eigenvalue weighted by Gasteiger charge is -2.01. The van der Waals surface area contributed by atoms with Crippen molar-refractivity contribution in [3.8, 4) is 0 Å². The van der Waals surface area contributed by atoms with Crippen molar-refractivity contribution in [2.45, 2.75) is 0 Å². The second-order valence-corrected chi connectivity index (χ2v) is 2.21. The Morgan fingerprint density at radius 3 is 3.08 bits per heavy atom. The van der Waals surface area contributed by atoms with Gasteiger partial charge in [0.2, 0.25) is 0 Å². The summed E-state index contributed by atoms with van der Waals surface area (Å²) in [5.41, 5.74) is 1.26. The Morgan fingerprint density at radius 1 is 1.75 bits per heavy atom. The lowest BCUT2D eigenvalue weighted by atomic mass is 10.1. The van der Waals surface area contributed by atoms with Gasteiger partial charge in [0.1, 0.15) is 0 Å². The summed E-state index contributed by atoms with van der Waals surface area (Å²) in [4.78, 5) is 11.1. The van der Waals surface area contributed by atoms with Crippen LogP contribution in [0.3, 0.4) is 0 Å². The second kappa shape index (κ2) is 3.72. The van der Waals surface area contributed by atoms with E-state index in [4.69, 9.17) is 0 Å². The first-order chi connectivity index (χ1) is 5.79. The van der Waals surface area contributed by atoms with Gasteiger partial charge >= 0.3 is 5.97 Å². The Kier molecular flexibility index (Phi) is 2.64. The van der Waals surface area contributed by atoms with Crippen LogP contribution in [0.5, 0.6) is 0 Å². The zero-order valence-corrected chi connectivity index (χ0v) is 6.83. The van der Waals surface area contributed by atoms with Gasteiger partial charge in [0.05, 0.1) is 12.7 Å². The van der Waals surface area contributed by atoms with Crippen molar-refractivity contribution < 1.29 is 9.53 Å². The Morgan fingerprint density at radius 2 is 2.50 bits per heavy atom. The largest absolute Gasteiger partial charge is 0.465 e. The molecule has 0 unspecified atom stereocenters. The SMILES string of the molecule is C=Cc1c[c]ccc1C(=O)OC. The minimum absolute atomic E-state index is 0.348. The number of esters is 1. The molecule has 0 aliphatic heterocycles. The monoisotopic (exact) mass is 161 g/mol. The molecule has 0 saturated heterocycles. The number of hydrogen-bond donors (Lipinski definition) is 0. The van der Waals surface area contributed by atoms with Crippen LogP contribution < -0.4 is 0 Å². The third kappa shape index (κ3) is 1.53. The molecule has 0 fully saturated rings. The first kappa shape index (κ1) is 8.53. The number of rotatable bonds is 2. The van der Waals surface area contributed by atoms with Crippen molar-refractivity contribution in [2.24, 2.45) is 0 Å².